The molecule has 0 radical (unpaired) electrons. The van der Waals surface area contributed by atoms with E-state index in [2.05, 4.69) is 17.4 Å². The van der Waals surface area contributed by atoms with Crippen LogP contribution in [0.5, 0.6) is 5.75 Å². The Morgan fingerprint density at radius 1 is 0.829 bits per heavy atom. The Kier molecular flexibility index (Phi) is 9.83. The number of piperidine rings is 1. The Morgan fingerprint density at radius 3 is 2.31 bits per heavy atom. The molecule has 3 unspecified atom stereocenters. The molecule has 1 saturated heterocycles. The number of nitrogens with one attached hydrogen (secondary N) is 1. The second-order valence-electron chi connectivity index (χ2n) is 8.69. The van der Waals surface area contributed by atoms with Crippen LogP contribution >= 0.6 is 23.2 Å². The average molecular weight is 516 g/mol. The summed E-state index contributed by atoms with van der Waals surface area (Å²) in [5, 5.41) is 15.1. The smallest absolute Gasteiger partial charge is 0.119 e. The maximum Gasteiger partial charge on any atom is 0.119 e. The third kappa shape index (κ3) is 7.94. The largest absolute Gasteiger partial charge is 0.494 e. The monoisotopic (exact) mass is 515 g/mol. The number of aliphatic hydroxyl groups is 1. The van der Waals surface area contributed by atoms with Crippen molar-refractivity contribution in [3.63, 3.8) is 0 Å². The lowest BCUT2D eigenvalue weighted by Gasteiger charge is -2.36. The first kappa shape index (κ1) is 26.0. The van der Waals surface area contributed by atoms with Crippen LogP contribution in [-0.2, 0) is 22.7 Å². The van der Waals surface area contributed by atoms with Gasteiger partial charge in [-0.3, -0.25) is 0 Å². The molecule has 1 heterocycles. The van der Waals surface area contributed by atoms with Crippen molar-refractivity contribution >= 4 is 23.2 Å². The number of ether oxygens (including phenoxy) is 3. The standard InChI is InChI=1S/C28H31Cl2NO4/c29-23-13-21(14-24(30)15-23)19-35-27-17-31-16-26(32)28(27)22-7-9-25(10-8-22)34-12-4-11-33-18-20-5-2-1-3-6-20/h1-3,5-10,13-15,26-28,31-32H,4,11-12,16-19H2. The van der Waals surface area contributed by atoms with Gasteiger partial charge in [-0.25, -0.2) is 0 Å². The van der Waals surface area contributed by atoms with Crippen LogP contribution in [0.3, 0.4) is 0 Å². The van der Waals surface area contributed by atoms with Crippen molar-refractivity contribution in [2.24, 2.45) is 0 Å². The predicted molar refractivity (Wildman–Crippen MR) is 139 cm³/mol. The number of hydrogen-bond acceptors (Lipinski definition) is 5. The Labute approximate surface area is 216 Å². The molecule has 0 spiro atoms. The van der Waals surface area contributed by atoms with Crippen LogP contribution in [-0.4, -0.2) is 43.6 Å². The van der Waals surface area contributed by atoms with E-state index in [0.29, 0.717) is 49.6 Å². The number of hydrogen-bond donors (Lipinski definition) is 2. The molecular formula is C28H31Cl2NO4. The molecule has 0 amide bonds. The lowest BCUT2D eigenvalue weighted by atomic mass is 9.85. The molecule has 0 aromatic heterocycles. The van der Waals surface area contributed by atoms with E-state index in [1.54, 1.807) is 6.07 Å². The summed E-state index contributed by atoms with van der Waals surface area (Å²) in [6.45, 7) is 3.38. The van der Waals surface area contributed by atoms with Crippen molar-refractivity contribution < 1.29 is 19.3 Å². The van der Waals surface area contributed by atoms with E-state index in [0.717, 1.165) is 23.3 Å². The Bertz CT molecular complexity index is 1030. The van der Waals surface area contributed by atoms with Gasteiger partial charge in [0.25, 0.3) is 0 Å². The molecule has 0 aliphatic carbocycles. The molecule has 1 aliphatic rings. The van der Waals surface area contributed by atoms with Gasteiger partial charge in [0, 0.05) is 35.5 Å². The van der Waals surface area contributed by atoms with E-state index in [4.69, 9.17) is 37.4 Å². The summed E-state index contributed by atoms with van der Waals surface area (Å²) in [7, 11) is 0. The molecule has 3 atom stereocenters. The summed E-state index contributed by atoms with van der Waals surface area (Å²) in [6, 6.07) is 23.4. The van der Waals surface area contributed by atoms with Gasteiger partial charge in [0.1, 0.15) is 5.75 Å². The van der Waals surface area contributed by atoms with E-state index in [-0.39, 0.29) is 12.0 Å². The van der Waals surface area contributed by atoms with E-state index < -0.39 is 6.10 Å². The SMILES string of the molecule is OC1CNCC(OCc2cc(Cl)cc(Cl)c2)C1c1ccc(OCCCOCc2ccccc2)cc1. The van der Waals surface area contributed by atoms with Crippen LogP contribution < -0.4 is 10.1 Å². The highest BCUT2D eigenvalue weighted by Crippen LogP contribution is 2.30. The highest BCUT2D eigenvalue weighted by Gasteiger charge is 2.34. The fourth-order valence-electron chi connectivity index (χ4n) is 4.27. The topological polar surface area (TPSA) is 60.0 Å². The van der Waals surface area contributed by atoms with Gasteiger partial charge in [0.15, 0.2) is 0 Å². The zero-order chi connectivity index (χ0) is 24.5. The van der Waals surface area contributed by atoms with Crippen molar-refractivity contribution in [1.82, 2.24) is 5.32 Å². The Balaban J connectivity index is 1.26. The van der Waals surface area contributed by atoms with Gasteiger partial charge < -0.3 is 24.6 Å². The molecule has 0 bridgehead atoms. The van der Waals surface area contributed by atoms with E-state index >= 15 is 0 Å². The number of β-amino-alcohol motifs (C(OH)–C–C–N with tert-alkyl or cyclic N) is 1. The van der Waals surface area contributed by atoms with E-state index in [9.17, 15) is 5.11 Å². The fourth-order valence-corrected chi connectivity index (χ4v) is 4.84. The van der Waals surface area contributed by atoms with Crippen LogP contribution in [0.1, 0.15) is 29.0 Å². The summed E-state index contributed by atoms with van der Waals surface area (Å²) in [4.78, 5) is 0. The minimum atomic E-state index is -0.551. The zero-order valence-corrected chi connectivity index (χ0v) is 21.0. The van der Waals surface area contributed by atoms with Crippen molar-refractivity contribution in [2.45, 2.75) is 37.8 Å². The predicted octanol–water partition coefficient (Wildman–Crippen LogP) is 5.61. The highest BCUT2D eigenvalue weighted by atomic mass is 35.5. The van der Waals surface area contributed by atoms with E-state index in [1.165, 1.54) is 5.56 Å². The van der Waals surface area contributed by atoms with Gasteiger partial charge in [-0.2, -0.15) is 0 Å². The summed E-state index contributed by atoms with van der Waals surface area (Å²) in [6.07, 6.45) is 0.0701. The molecular weight excluding hydrogens is 485 g/mol. The van der Waals surface area contributed by atoms with Gasteiger partial charge in [-0.05, 0) is 47.0 Å². The molecule has 186 valence electrons. The quantitative estimate of drug-likeness (QED) is 0.325. The van der Waals surface area contributed by atoms with Gasteiger partial charge in [-0.1, -0.05) is 65.7 Å². The molecule has 3 aromatic rings. The summed E-state index contributed by atoms with van der Waals surface area (Å²) >= 11 is 12.2. The normalized spacial score (nSPS) is 20.0. The molecule has 0 saturated carbocycles. The molecule has 1 fully saturated rings. The summed E-state index contributed by atoms with van der Waals surface area (Å²) in [5.74, 6) is 0.651. The van der Waals surface area contributed by atoms with Gasteiger partial charge in [-0.15, -0.1) is 0 Å². The van der Waals surface area contributed by atoms with E-state index in [1.807, 2.05) is 54.6 Å². The number of benzene rings is 3. The van der Waals surface area contributed by atoms with Gasteiger partial charge in [0.2, 0.25) is 0 Å². The van der Waals surface area contributed by atoms with Crippen molar-refractivity contribution in [1.29, 1.82) is 0 Å². The van der Waals surface area contributed by atoms with Crippen LogP contribution in [0.4, 0.5) is 0 Å². The number of rotatable bonds is 11. The third-order valence-corrected chi connectivity index (χ3v) is 6.42. The first-order valence-corrected chi connectivity index (χ1v) is 12.6. The number of aliphatic hydroxyl groups excluding tert-OH is 1. The number of halogens is 2. The summed E-state index contributed by atoms with van der Waals surface area (Å²) in [5.41, 5.74) is 3.09. The second-order valence-corrected chi connectivity index (χ2v) is 9.56. The lowest BCUT2D eigenvalue weighted by molar-refractivity contribution is -0.0328. The lowest BCUT2D eigenvalue weighted by Crippen LogP contribution is -2.49. The van der Waals surface area contributed by atoms with Crippen LogP contribution in [0.25, 0.3) is 0 Å². The summed E-state index contributed by atoms with van der Waals surface area (Å²) < 4.78 is 17.8. The molecule has 1 aliphatic heterocycles. The molecule has 35 heavy (non-hydrogen) atoms. The van der Waals surface area contributed by atoms with Gasteiger partial charge >= 0.3 is 0 Å². The average Bonchev–Trinajstić information content (AvgIpc) is 2.85. The third-order valence-electron chi connectivity index (χ3n) is 5.98. The molecule has 3 aromatic carbocycles. The first-order chi connectivity index (χ1) is 17.1. The molecule has 2 N–H and O–H groups in total. The molecule has 4 rings (SSSR count). The first-order valence-electron chi connectivity index (χ1n) is 11.9. The maximum atomic E-state index is 10.7. The van der Waals surface area contributed by atoms with Crippen molar-refractivity contribution in [3.8, 4) is 5.75 Å². The second kappa shape index (κ2) is 13.3. The fraction of sp³-hybridized carbons (Fsp3) is 0.357. The minimum absolute atomic E-state index is 0.147. The Morgan fingerprint density at radius 2 is 1.57 bits per heavy atom. The minimum Gasteiger partial charge on any atom is -0.494 e. The maximum absolute atomic E-state index is 10.7. The molecule has 7 heteroatoms. The van der Waals surface area contributed by atoms with Crippen molar-refractivity contribution in [3.05, 3.63) is 99.5 Å². The van der Waals surface area contributed by atoms with Crippen LogP contribution in [0.2, 0.25) is 10.0 Å². The van der Waals surface area contributed by atoms with Crippen LogP contribution in [0, 0.1) is 0 Å². The zero-order valence-electron chi connectivity index (χ0n) is 19.5. The van der Waals surface area contributed by atoms with Crippen LogP contribution in [0.15, 0.2) is 72.8 Å². The molecule has 5 nitrogen and oxygen atoms in total. The highest BCUT2D eigenvalue weighted by molar-refractivity contribution is 6.34. The van der Waals surface area contributed by atoms with Gasteiger partial charge in [0.05, 0.1) is 38.6 Å². The van der Waals surface area contributed by atoms with Crippen molar-refractivity contribution in [2.75, 3.05) is 26.3 Å². The Hall–Kier alpha value is -2.12.